The van der Waals surface area contributed by atoms with E-state index in [1.807, 2.05) is 13.0 Å². The monoisotopic (exact) mass is 391 g/mol. The Morgan fingerprint density at radius 1 is 1.19 bits per heavy atom. The van der Waals surface area contributed by atoms with Gasteiger partial charge < -0.3 is 14.7 Å². The van der Waals surface area contributed by atoms with Gasteiger partial charge in [0.2, 0.25) is 0 Å². The molecular weight excluding hydrogens is 366 g/mol. The number of fused-ring (bicyclic) bond motifs is 1. The molecule has 1 aliphatic carbocycles. The van der Waals surface area contributed by atoms with Crippen LogP contribution in [0.5, 0.6) is 0 Å². The number of rotatable bonds is 3. The van der Waals surface area contributed by atoms with E-state index in [0.29, 0.717) is 32.0 Å². The summed E-state index contributed by atoms with van der Waals surface area (Å²) in [6, 6.07) is 2.42. The van der Waals surface area contributed by atoms with E-state index in [1.54, 1.807) is 4.90 Å². The molecule has 1 saturated carbocycles. The first kappa shape index (κ1) is 18.3. The second-order valence-corrected chi connectivity index (χ2v) is 8.56. The molecule has 1 amide bonds. The second-order valence-electron chi connectivity index (χ2n) is 7.53. The van der Waals surface area contributed by atoms with Gasteiger partial charge in [-0.15, -0.1) is 11.3 Å². The molecule has 2 fully saturated rings. The summed E-state index contributed by atoms with van der Waals surface area (Å²) in [5.41, 5.74) is 0.986. The smallest absolute Gasteiger partial charge is 0.450 e. The maximum absolute atomic E-state index is 12.9. The van der Waals surface area contributed by atoms with Crippen molar-refractivity contribution < 1.29 is 19.4 Å². The Balaban J connectivity index is 1.50. The summed E-state index contributed by atoms with van der Waals surface area (Å²) < 4.78 is 6.98. The lowest BCUT2D eigenvalue weighted by molar-refractivity contribution is 0.0200. The van der Waals surface area contributed by atoms with Crippen molar-refractivity contribution in [3.05, 3.63) is 16.6 Å². The number of thiophene rings is 1. The summed E-state index contributed by atoms with van der Waals surface area (Å²) in [6.45, 7) is 3.06. The minimum absolute atomic E-state index is 0.0274. The Morgan fingerprint density at radius 2 is 1.89 bits per heavy atom. The standard InChI is InChI=1S/C19H25N3O4S/c1-12-15-11-16(17(23)21-9-7-14(8-10-21)26-19(24)25)27-18(15)22(20-12)13-5-3-2-4-6-13/h11,13-14H,2-10H2,1H3,(H,24,25). The summed E-state index contributed by atoms with van der Waals surface area (Å²) in [5, 5.41) is 14.6. The summed E-state index contributed by atoms with van der Waals surface area (Å²) in [5.74, 6) is 0.0274. The molecule has 2 aromatic heterocycles. The SMILES string of the molecule is Cc1nn(C2CCCCC2)c2sc(C(=O)N3CCC(OC(=O)O)CC3)cc12. The maximum atomic E-state index is 12.9. The molecule has 7 nitrogen and oxygen atoms in total. The van der Waals surface area contributed by atoms with Crippen molar-refractivity contribution >= 4 is 33.6 Å². The van der Waals surface area contributed by atoms with Gasteiger partial charge in [0.25, 0.3) is 5.91 Å². The molecule has 0 aromatic carbocycles. The topological polar surface area (TPSA) is 84.7 Å². The van der Waals surface area contributed by atoms with Crippen LogP contribution in [0.3, 0.4) is 0 Å². The Kier molecular flexibility index (Phi) is 5.08. The molecule has 0 spiro atoms. The van der Waals surface area contributed by atoms with Gasteiger partial charge in [0.1, 0.15) is 10.9 Å². The van der Waals surface area contributed by atoms with Crippen molar-refractivity contribution in [2.45, 2.75) is 64.0 Å². The number of nitrogens with zero attached hydrogens (tertiary/aromatic N) is 3. The summed E-state index contributed by atoms with van der Waals surface area (Å²) in [4.78, 5) is 27.3. The highest BCUT2D eigenvalue weighted by Gasteiger charge is 2.28. The molecule has 0 atom stereocenters. The fraction of sp³-hybridized carbons (Fsp3) is 0.632. The number of hydrogen-bond donors (Lipinski definition) is 1. The highest BCUT2D eigenvalue weighted by atomic mass is 32.1. The van der Waals surface area contributed by atoms with Crippen LogP contribution in [0, 0.1) is 6.92 Å². The van der Waals surface area contributed by atoms with E-state index in [2.05, 4.69) is 4.68 Å². The fourth-order valence-corrected chi connectivity index (χ4v) is 5.43. The number of likely N-dealkylation sites (tertiary alicyclic amines) is 1. The van der Waals surface area contributed by atoms with Crippen molar-refractivity contribution in [1.82, 2.24) is 14.7 Å². The number of ether oxygens (including phenoxy) is 1. The third-order valence-corrected chi connectivity index (χ3v) is 6.81. The fourth-order valence-electron chi connectivity index (χ4n) is 4.23. The number of hydrogen-bond acceptors (Lipinski definition) is 5. The number of amides is 1. The molecule has 27 heavy (non-hydrogen) atoms. The van der Waals surface area contributed by atoms with E-state index in [-0.39, 0.29) is 12.0 Å². The minimum Gasteiger partial charge on any atom is -0.450 e. The second kappa shape index (κ2) is 7.50. The van der Waals surface area contributed by atoms with Gasteiger partial charge in [-0.2, -0.15) is 5.10 Å². The van der Waals surface area contributed by atoms with E-state index < -0.39 is 6.16 Å². The van der Waals surface area contributed by atoms with Crippen molar-refractivity contribution in [3.8, 4) is 0 Å². The van der Waals surface area contributed by atoms with Crippen LogP contribution in [-0.4, -0.2) is 51.0 Å². The quantitative estimate of drug-likeness (QED) is 0.792. The molecule has 0 radical (unpaired) electrons. The average molecular weight is 391 g/mol. The zero-order valence-electron chi connectivity index (χ0n) is 15.5. The van der Waals surface area contributed by atoms with Crippen LogP contribution < -0.4 is 0 Å². The average Bonchev–Trinajstić information content (AvgIpc) is 3.23. The highest BCUT2D eigenvalue weighted by molar-refractivity contribution is 7.20. The molecule has 2 aliphatic rings. The van der Waals surface area contributed by atoms with E-state index in [0.717, 1.165) is 33.6 Å². The molecule has 0 unspecified atom stereocenters. The zero-order valence-corrected chi connectivity index (χ0v) is 16.3. The Hall–Kier alpha value is -2.09. The van der Waals surface area contributed by atoms with Crippen molar-refractivity contribution in [3.63, 3.8) is 0 Å². The third kappa shape index (κ3) is 3.67. The molecule has 8 heteroatoms. The Morgan fingerprint density at radius 3 is 2.56 bits per heavy atom. The summed E-state index contributed by atoms with van der Waals surface area (Å²) in [6.07, 6.45) is 5.67. The van der Waals surface area contributed by atoms with Crippen LogP contribution in [0.1, 0.15) is 66.4 Å². The number of carbonyl (C=O) groups excluding carboxylic acids is 1. The molecule has 1 N–H and O–H groups in total. The lowest BCUT2D eigenvalue weighted by atomic mass is 9.96. The Labute approximate surface area is 161 Å². The van der Waals surface area contributed by atoms with E-state index in [4.69, 9.17) is 14.9 Å². The van der Waals surface area contributed by atoms with E-state index in [9.17, 15) is 9.59 Å². The maximum Gasteiger partial charge on any atom is 0.506 e. The van der Waals surface area contributed by atoms with Gasteiger partial charge in [0.05, 0.1) is 16.6 Å². The first-order valence-corrected chi connectivity index (χ1v) is 10.5. The number of carbonyl (C=O) groups is 2. The first-order valence-electron chi connectivity index (χ1n) is 9.70. The van der Waals surface area contributed by atoms with Crippen LogP contribution in [0.15, 0.2) is 6.07 Å². The molecule has 2 aromatic rings. The third-order valence-electron chi connectivity index (χ3n) is 5.70. The largest absolute Gasteiger partial charge is 0.506 e. The summed E-state index contributed by atoms with van der Waals surface area (Å²) in [7, 11) is 0. The number of aromatic nitrogens is 2. The van der Waals surface area contributed by atoms with E-state index >= 15 is 0 Å². The van der Waals surface area contributed by atoms with Crippen LogP contribution in [-0.2, 0) is 4.74 Å². The zero-order chi connectivity index (χ0) is 19.0. The molecule has 1 aliphatic heterocycles. The summed E-state index contributed by atoms with van der Waals surface area (Å²) >= 11 is 1.54. The van der Waals surface area contributed by atoms with Crippen LogP contribution in [0.25, 0.3) is 10.2 Å². The number of aryl methyl sites for hydroxylation is 1. The van der Waals surface area contributed by atoms with Crippen LogP contribution in [0.4, 0.5) is 4.79 Å². The highest BCUT2D eigenvalue weighted by Crippen LogP contribution is 2.36. The van der Waals surface area contributed by atoms with Crippen LogP contribution >= 0.6 is 11.3 Å². The van der Waals surface area contributed by atoms with Gasteiger partial charge in [-0.05, 0) is 25.8 Å². The molecule has 4 rings (SSSR count). The van der Waals surface area contributed by atoms with Crippen molar-refractivity contribution in [2.75, 3.05) is 13.1 Å². The predicted octanol–water partition coefficient (Wildman–Crippen LogP) is 4.21. The normalized spacial score (nSPS) is 19.5. The van der Waals surface area contributed by atoms with Gasteiger partial charge in [-0.3, -0.25) is 9.48 Å². The van der Waals surface area contributed by atoms with Gasteiger partial charge in [-0.25, -0.2) is 4.79 Å². The lowest BCUT2D eigenvalue weighted by Crippen LogP contribution is -2.41. The van der Waals surface area contributed by atoms with Gasteiger partial charge in [0, 0.05) is 31.3 Å². The van der Waals surface area contributed by atoms with Gasteiger partial charge in [-0.1, -0.05) is 19.3 Å². The minimum atomic E-state index is -1.24. The van der Waals surface area contributed by atoms with E-state index in [1.165, 1.54) is 30.6 Å². The molecule has 1 saturated heterocycles. The van der Waals surface area contributed by atoms with Crippen molar-refractivity contribution in [1.29, 1.82) is 0 Å². The Bertz CT molecular complexity index is 845. The van der Waals surface area contributed by atoms with Gasteiger partial charge >= 0.3 is 6.16 Å². The number of piperidine rings is 1. The first-order chi connectivity index (χ1) is 13.0. The number of carboxylic acid groups (broad SMARTS) is 1. The van der Waals surface area contributed by atoms with Crippen LogP contribution in [0.2, 0.25) is 0 Å². The molecule has 146 valence electrons. The van der Waals surface area contributed by atoms with Gasteiger partial charge in [0.15, 0.2) is 0 Å². The predicted molar refractivity (Wildman–Crippen MR) is 103 cm³/mol. The van der Waals surface area contributed by atoms with Crippen molar-refractivity contribution in [2.24, 2.45) is 0 Å². The molecular formula is C19H25N3O4S. The molecule has 3 heterocycles. The lowest BCUT2D eigenvalue weighted by Gasteiger charge is -2.30. The molecule has 0 bridgehead atoms.